The van der Waals surface area contributed by atoms with Crippen molar-refractivity contribution in [1.82, 2.24) is 9.97 Å². The molecule has 0 saturated heterocycles. The van der Waals surface area contributed by atoms with Gasteiger partial charge in [0.1, 0.15) is 5.82 Å². The van der Waals surface area contributed by atoms with Crippen LogP contribution in [0.1, 0.15) is 51.8 Å². The van der Waals surface area contributed by atoms with Gasteiger partial charge in [0.25, 0.3) is 5.88 Å². The number of ether oxygens (including phenoxy) is 1. The monoisotopic (exact) mass is 282 g/mol. The minimum Gasteiger partial charge on any atom is -0.476 e. The third-order valence-corrected chi connectivity index (χ3v) is 2.83. The fraction of sp³-hybridized carbons (Fsp3) is 0.692. The van der Waals surface area contributed by atoms with Crippen molar-refractivity contribution >= 4 is 11.5 Å². The summed E-state index contributed by atoms with van der Waals surface area (Å²) >= 11 is 0. The Morgan fingerprint density at radius 2 is 2.05 bits per heavy atom. The van der Waals surface area contributed by atoms with Gasteiger partial charge in [0.15, 0.2) is 0 Å². The second-order valence-electron chi connectivity index (χ2n) is 4.83. The molecule has 0 bridgehead atoms. The molecule has 1 rings (SSSR count). The highest BCUT2D eigenvalue weighted by Gasteiger charge is 2.26. The van der Waals surface area contributed by atoms with Crippen molar-refractivity contribution in [1.29, 1.82) is 0 Å². The zero-order valence-corrected chi connectivity index (χ0v) is 12.5. The molecule has 1 heterocycles. The van der Waals surface area contributed by atoms with Crippen LogP contribution in [0.3, 0.4) is 0 Å². The van der Waals surface area contributed by atoms with Crippen LogP contribution in [0.4, 0.5) is 11.5 Å². The molecule has 0 saturated carbocycles. The second kappa shape index (κ2) is 7.62. The van der Waals surface area contributed by atoms with E-state index in [1.807, 2.05) is 13.8 Å². The number of rotatable bonds is 8. The van der Waals surface area contributed by atoms with Crippen molar-refractivity contribution in [3.63, 3.8) is 0 Å². The van der Waals surface area contributed by atoms with Crippen molar-refractivity contribution in [2.24, 2.45) is 0 Å². The predicted molar refractivity (Wildman–Crippen MR) is 77.3 cm³/mol. The molecule has 0 fully saturated rings. The van der Waals surface area contributed by atoms with E-state index in [-0.39, 0.29) is 23.3 Å². The van der Waals surface area contributed by atoms with E-state index in [2.05, 4.69) is 22.2 Å². The van der Waals surface area contributed by atoms with Gasteiger partial charge in [-0.3, -0.25) is 10.1 Å². The van der Waals surface area contributed by atoms with Crippen LogP contribution in [-0.2, 0) is 0 Å². The van der Waals surface area contributed by atoms with Crippen molar-refractivity contribution in [3.05, 3.63) is 15.9 Å². The Balaban J connectivity index is 3.09. The largest absolute Gasteiger partial charge is 0.476 e. The first-order valence-electron chi connectivity index (χ1n) is 6.85. The number of hydrogen-bond donors (Lipinski definition) is 1. The first-order valence-corrected chi connectivity index (χ1v) is 6.85. The van der Waals surface area contributed by atoms with Crippen molar-refractivity contribution in [2.45, 2.75) is 46.0 Å². The summed E-state index contributed by atoms with van der Waals surface area (Å²) in [5.41, 5.74) is -0.201. The zero-order valence-electron chi connectivity index (χ0n) is 12.5. The number of hydrogen-bond acceptors (Lipinski definition) is 6. The Hall–Kier alpha value is -1.92. The standard InChI is InChI=1S/C13H22N4O3/c1-5-6-7-8-14-12-10(17(18)19)13(20-4)16-11(15-12)9(2)3/h9H,5-8H2,1-4H3,(H,14,15,16). The summed E-state index contributed by atoms with van der Waals surface area (Å²) in [4.78, 5) is 19.0. The topological polar surface area (TPSA) is 90.2 Å². The SMILES string of the molecule is CCCCCNc1nc(C(C)C)nc(OC)c1[N+](=O)[O-]. The molecule has 20 heavy (non-hydrogen) atoms. The summed E-state index contributed by atoms with van der Waals surface area (Å²) in [6, 6.07) is 0. The van der Waals surface area contributed by atoms with E-state index in [1.165, 1.54) is 7.11 Å². The molecule has 0 unspecified atom stereocenters. The molecule has 1 aromatic heterocycles. The molecule has 7 nitrogen and oxygen atoms in total. The van der Waals surface area contributed by atoms with Gasteiger partial charge in [-0.15, -0.1) is 0 Å². The van der Waals surface area contributed by atoms with E-state index in [0.717, 1.165) is 19.3 Å². The molecule has 1 aromatic rings. The fourth-order valence-corrected chi connectivity index (χ4v) is 1.72. The van der Waals surface area contributed by atoms with E-state index in [9.17, 15) is 10.1 Å². The van der Waals surface area contributed by atoms with Crippen LogP contribution in [0.5, 0.6) is 5.88 Å². The van der Waals surface area contributed by atoms with E-state index in [1.54, 1.807) is 0 Å². The number of unbranched alkanes of at least 4 members (excludes halogenated alkanes) is 2. The lowest BCUT2D eigenvalue weighted by atomic mass is 10.2. The molecule has 7 heteroatoms. The smallest absolute Gasteiger partial charge is 0.372 e. The first kappa shape index (κ1) is 16.1. The number of anilines is 1. The summed E-state index contributed by atoms with van der Waals surface area (Å²) in [6.45, 7) is 6.61. The number of methoxy groups -OCH3 is 1. The molecule has 0 spiro atoms. The maximum absolute atomic E-state index is 11.2. The van der Waals surface area contributed by atoms with Gasteiger partial charge in [0.2, 0.25) is 5.82 Å². The Morgan fingerprint density at radius 1 is 1.35 bits per heavy atom. The number of aromatic nitrogens is 2. The maximum atomic E-state index is 11.2. The highest BCUT2D eigenvalue weighted by atomic mass is 16.6. The molecule has 0 atom stereocenters. The molecule has 0 amide bonds. The van der Waals surface area contributed by atoms with Gasteiger partial charge in [-0.1, -0.05) is 33.6 Å². The Labute approximate surface area is 118 Å². The summed E-state index contributed by atoms with van der Waals surface area (Å²) < 4.78 is 5.03. The van der Waals surface area contributed by atoms with Gasteiger partial charge >= 0.3 is 5.69 Å². The number of nitrogens with zero attached hydrogens (tertiary/aromatic N) is 3. The fourth-order valence-electron chi connectivity index (χ4n) is 1.72. The molecule has 0 aromatic carbocycles. The van der Waals surface area contributed by atoms with Crippen molar-refractivity contribution in [3.8, 4) is 5.88 Å². The van der Waals surface area contributed by atoms with Crippen LogP contribution < -0.4 is 10.1 Å². The minimum atomic E-state index is -0.509. The number of nitrogens with one attached hydrogen (secondary N) is 1. The molecular weight excluding hydrogens is 260 g/mol. The Bertz CT molecular complexity index is 463. The van der Waals surface area contributed by atoms with E-state index in [4.69, 9.17) is 4.74 Å². The van der Waals surface area contributed by atoms with Gasteiger partial charge in [-0.25, -0.2) is 4.98 Å². The van der Waals surface area contributed by atoms with Crippen molar-refractivity contribution < 1.29 is 9.66 Å². The highest BCUT2D eigenvalue weighted by Crippen LogP contribution is 2.33. The van der Waals surface area contributed by atoms with E-state index >= 15 is 0 Å². The van der Waals surface area contributed by atoms with Crippen molar-refractivity contribution in [2.75, 3.05) is 19.0 Å². The average molecular weight is 282 g/mol. The van der Waals surface area contributed by atoms with Crippen LogP contribution in [0.15, 0.2) is 0 Å². The second-order valence-corrected chi connectivity index (χ2v) is 4.83. The van der Waals surface area contributed by atoms with Gasteiger partial charge < -0.3 is 10.1 Å². The summed E-state index contributed by atoms with van der Waals surface area (Å²) in [5.74, 6) is 0.847. The van der Waals surface area contributed by atoms with Gasteiger partial charge in [0.05, 0.1) is 12.0 Å². The van der Waals surface area contributed by atoms with Crippen LogP contribution in [0.2, 0.25) is 0 Å². The first-order chi connectivity index (χ1) is 9.51. The minimum absolute atomic E-state index is 0.00620. The average Bonchev–Trinajstić information content (AvgIpc) is 2.42. The van der Waals surface area contributed by atoms with Crippen LogP contribution in [0, 0.1) is 10.1 Å². The lowest BCUT2D eigenvalue weighted by Crippen LogP contribution is -2.11. The third kappa shape index (κ3) is 4.04. The van der Waals surface area contributed by atoms with Gasteiger partial charge in [-0.05, 0) is 6.42 Å². The molecule has 0 radical (unpaired) electrons. The Morgan fingerprint density at radius 3 is 2.55 bits per heavy atom. The molecule has 0 aliphatic carbocycles. The summed E-state index contributed by atoms with van der Waals surface area (Å²) in [5, 5.41) is 14.2. The normalized spacial score (nSPS) is 10.7. The van der Waals surface area contributed by atoms with E-state index < -0.39 is 4.92 Å². The lowest BCUT2D eigenvalue weighted by molar-refractivity contribution is -0.385. The maximum Gasteiger partial charge on any atom is 0.372 e. The van der Waals surface area contributed by atoms with Crippen LogP contribution in [-0.4, -0.2) is 28.5 Å². The molecule has 112 valence electrons. The lowest BCUT2D eigenvalue weighted by Gasteiger charge is -2.11. The Kier molecular flexibility index (Phi) is 6.14. The molecular formula is C13H22N4O3. The predicted octanol–water partition coefficient (Wildman–Crippen LogP) is 3.12. The van der Waals surface area contributed by atoms with E-state index in [0.29, 0.717) is 12.4 Å². The summed E-state index contributed by atoms with van der Waals surface area (Å²) in [7, 11) is 1.38. The third-order valence-electron chi connectivity index (χ3n) is 2.83. The summed E-state index contributed by atoms with van der Waals surface area (Å²) in [6.07, 6.45) is 3.10. The quantitative estimate of drug-likeness (QED) is 0.447. The van der Waals surface area contributed by atoms with Crippen LogP contribution >= 0.6 is 0 Å². The zero-order chi connectivity index (χ0) is 15.1. The molecule has 1 N–H and O–H groups in total. The number of nitro groups is 1. The van der Waals surface area contributed by atoms with Gasteiger partial charge in [-0.2, -0.15) is 4.98 Å². The highest BCUT2D eigenvalue weighted by molar-refractivity contribution is 5.61. The molecule has 0 aliphatic rings. The molecule has 0 aliphatic heterocycles. The van der Waals surface area contributed by atoms with Crippen LogP contribution in [0.25, 0.3) is 0 Å². The van der Waals surface area contributed by atoms with Gasteiger partial charge in [0, 0.05) is 12.5 Å².